The van der Waals surface area contributed by atoms with Crippen LogP contribution in [0.3, 0.4) is 0 Å². The van der Waals surface area contributed by atoms with Gasteiger partial charge in [-0.1, -0.05) is 96.3 Å². The smallest absolute Gasteiger partial charge is 0.404 e. The summed E-state index contributed by atoms with van der Waals surface area (Å²) in [6.45, 7) is 4.44. The summed E-state index contributed by atoms with van der Waals surface area (Å²) in [7, 11) is -4.52. The van der Waals surface area contributed by atoms with Crippen LogP contribution in [0.1, 0.15) is 83.6 Å². The molecule has 0 fully saturated rings. The molecule has 0 aromatic heterocycles. The number of phosphoric acid groups is 1. The molecule has 1 unspecified atom stereocenters. The van der Waals surface area contributed by atoms with E-state index in [-0.39, 0.29) is 0 Å². The predicted octanol–water partition coefficient (Wildman–Crippen LogP) is 6.26. The van der Waals surface area contributed by atoms with Gasteiger partial charge in [0.25, 0.3) is 0 Å². The minimum absolute atomic E-state index is 0.322. The molecule has 0 spiro atoms. The fraction of sp³-hybridized carbons (Fsp3) is 0.700. The highest BCUT2D eigenvalue weighted by Crippen LogP contribution is 2.40. The molecule has 2 N–H and O–H groups in total. The predicted molar refractivity (Wildman–Crippen MR) is 104 cm³/mol. The van der Waals surface area contributed by atoms with Gasteiger partial charge in [-0.2, -0.15) is 0 Å². The van der Waals surface area contributed by atoms with E-state index in [1.54, 1.807) is 12.1 Å². The average molecular weight is 370 g/mol. The van der Waals surface area contributed by atoms with Crippen LogP contribution in [-0.2, 0) is 11.0 Å². The summed E-state index contributed by atoms with van der Waals surface area (Å²) in [5.74, 6) is 0.872. The fourth-order valence-corrected chi connectivity index (χ4v) is 3.70. The molecule has 1 rings (SSSR count). The summed E-state index contributed by atoms with van der Waals surface area (Å²) in [6.07, 6.45) is 13.2. The van der Waals surface area contributed by atoms with Gasteiger partial charge in [0.1, 0.15) is 5.75 Å². The first-order valence-corrected chi connectivity index (χ1v) is 11.3. The lowest BCUT2D eigenvalue weighted by Gasteiger charge is -2.19. The van der Waals surface area contributed by atoms with Crippen LogP contribution in [0, 0.1) is 5.92 Å². The van der Waals surface area contributed by atoms with Crippen LogP contribution in [0.5, 0.6) is 5.75 Å². The Bertz CT molecular complexity index is 512. The van der Waals surface area contributed by atoms with Crippen molar-refractivity contribution in [2.45, 2.75) is 84.5 Å². The SMILES string of the molecule is CCCCCCCC(CCCCC)Cc1ccccc1OP(=O)(O)O. The Morgan fingerprint density at radius 1 is 0.920 bits per heavy atom. The molecule has 4 nitrogen and oxygen atoms in total. The van der Waals surface area contributed by atoms with Crippen molar-refractivity contribution in [2.24, 2.45) is 5.92 Å². The molecule has 0 saturated carbocycles. The zero-order chi connectivity index (χ0) is 18.5. The molecule has 0 bridgehead atoms. The Kier molecular flexibility index (Phi) is 11.1. The Labute approximate surface area is 153 Å². The first-order chi connectivity index (χ1) is 12.0. The van der Waals surface area contributed by atoms with Crippen molar-refractivity contribution in [3.63, 3.8) is 0 Å². The van der Waals surface area contributed by atoms with Gasteiger partial charge >= 0.3 is 7.82 Å². The van der Waals surface area contributed by atoms with E-state index in [9.17, 15) is 4.57 Å². The van der Waals surface area contributed by atoms with Gasteiger partial charge in [0.15, 0.2) is 0 Å². The van der Waals surface area contributed by atoms with Crippen LogP contribution >= 0.6 is 7.82 Å². The highest BCUT2D eigenvalue weighted by atomic mass is 31.2. The number of hydrogen-bond donors (Lipinski definition) is 2. The summed E-state index contributed by atoms with van der Waals surface area (Å²) in [6, 6.07) is 7.24. The standard InChI is InChI=1S/C20H35O4P/c1-3-5-7-8-10-14-18(13-9-6-4-2)17-19-15-11-12-16-20(19)24-25(21,22)23/h11-12,15-16,18H,3-10,13-14,17H2,1-2H3,(H2,21,22,23). The molecular weight excluding hydrogens is 335 g/mol. The molecule has 1 atom stereocenters. The molecule has 1 aromatic rings. The van der Waals surface area contributed by atoms with Crippen LogP contribution in [0.15, 0.2) is 24.3 Å². The van der Waals surface area contributed by atoms with Crippen molar-refractivity contribution in [1.29, 1.82) is 0 Å². The van der Waals surface area contributed by atoms with Crippen molar-refractivity contribution in [3.05, 3.63) is 29.8 Å². The minimum Gasteiger partial charge on any atom is -0.404 e. The Balaban J connectivity index is 2.67. The maximum Gasteiger partial charge on any atom is 0.524 e. The number of para-hydroxylation sites is 1. The van der Waals surface area contributed by atoms with E-state index in [1.165, 1.54) is 64.2 Å². The minimum atomic E-state index is -4.52. The first kappa shape index (κ1) is 22.2. The lowest BCUT2D eigenvalue weighted by Crippen LogP contribution is -2.07. The molecule has 144 valence electrons. The van der Waals surface area contributed by atoms with Crippen molar-refractivity contribution >= 4 is 7.82 Å². The number of hydrogen-bond acceptors (Lipinski definition) is 2. The Morgan fingerprint density at radius 2 is 1.48 bits per heavy atom. The Morgan fingerprint density at radius 3 is 2.12 bits per heavy atom. The summed E-state index contributed by atoms with van der Waals surface area (Å²) in [5, 5.41) is 0. The highest BCUT2D eigenvalue weighted by molar-refractivity contribution is 7.46. The molecule has 0 amide bonds. The normalized spacial score (nSPS) is 13.0. The van der Waals surface area contributed by atoms with Crippen LogP contribution < -0.4 is 4.52 Å². The topological polar surface area (TPSA) is 66.8 Å². The first-order valence-electron chi connectivity index (χ1n) is 9.79. The van der Waals surface area contributed by atoms with Gasteiger partial charge in [-0.25, -0.2) is 4.57 Å². The van der Waals surface area contributed by atoms with E-state index < -0.39 is 7.82 Å². The third-order valence-electron chi connectivity index (χ3n) is 4.63. The van der Waals surface area contributed by atoms with E-state index in [0.29, 0.717) is 11.7 Å². The maximum absolute atomic E-state index is 11.2. The molecule has 0 radical (unpaired) electrons. The number of benzene rings is 1. The molecule has 1 aromatic carbocycles. The van der Waals surface area contributed by atoms with Crippen LogP contribution in [-0.4, -0.2) is 9.79 Å². The summed E-state index contributed by atoms with van der Waals surface area (Å²) < 4.78 is 16.1. The van der Waals surface area contributed by atoms with Gasteiger partial charge in [0.2, 0.25) is 0 Å². The molecule has 0 saturated heterocycles. The zero-order valence-corrected chi connectivity index (χ0v) is 16.7. The highest BCUT2D eigenvalue weighted by Gasteiger charge is 2.19. The fourth-order valence-electron chi connectivity index (χ4n) is 3.27. The van der Waals surface area contributed by atoms with Gasteiger partial charge in [-0.15, -0.1) is 0 Å². The van der Waals surface area contributed by atoms with Crippen molar-refractivity contribution in [2.75, 3.05) is 0 Å². The van der Waals surface area contributed by atoms with E-state index >= 15 is 0 Å². The summed E-state index contributed by atoms with van der Waals surface area (Å²) in [4.78, 5) is 18.2. The maximum atomic E-state index is 11.2. The van der Waals surface area contributed by atoms with Crippen molar-refractivity contribution in [3.8, 4) is 5.75 Å². The second kappa shape index (κ2) is 12.5. The van der Waals surface area contributed by atoms with Gasteiger partial charge in [-0.05, 0) is 24.0 Å². The van der Waals surface area contributed by atoms with Crippen molar-refractivity contribution in [1.82, 2.24) is 0 Å². The number of rotatable bonds is 14. The van der Waals surface area contributed by atoms with Gasteiger partial charge < -0.3 is 4.52 Å². The second-order valence-electron chi connectivity index (χ2n) is 6.96. The molecular formula is C20H35O4P. The molecule has 5 heteroatoms. The van der Waals surface area contributed by atoms with Gasteiger partial charge in [0.05, 0.1) is 0 Å². The molecule has 0 heterocycles. The number of phosphoric ester groups is 1. The molecule has 25 heavy (non-hydrogen) atoms. The second-order valence-corrected chi connectivity index (χ2v) is 8.12. The van der Waals surface area contributed by atoms with E-state index in [1.807, 2.05) is 12.1 Å². The summed E-state index contributed by atoms with van der Waals surface area (Å²) in [5.41, 5.74) is 0.904. The van der Waals surface area contributed by atoms with Crippen LogP contribution in [0.4, 0.5) is 0 Å². The van der Waals surface area contributed by atoms with Crippen LogP contribution in [0.2, 0.25) is 0 Å². The van der Waals surface area contributed by atoms with Crippen molar-refractivity contribution < 1.29 is 18.9 Å². The lowest BCUT2D eigenvalue weighted by atomic mass is 9.88. The summed E-state index contributed by atoms with van der Waals surface area (Å²) >= 11 is 0. The van der Waals surface area contributed by atoms with Crippen LogP contribution in [0.25, 0.3) is 0 Å². The van der Waals surface area contributed by atoms with E-state index in [2.05, 4.69) is 13.8 Å². The molecule has 0 aliphatic rings. The largest absolute Gasteiger partial charge is 0.524 e. The zero-order valence-electron chi connectivity index (χ0n) is 15.8. The van der Waals surface area contributed by atoms with E-state index in [0.717, 1.165) is 12.0 Å². The van der Waals surface area contributed by atoms with Gasteiger partial charge in [-0.3, -0.25) is 9.79 Å². The van der Waals surface area contributed by atoms with Gasteiger partial charge in [0, 0.05) is 0 Å². The third kappa shape index (κ3) is 10.7. The monoisotopic (exact) mass is 370 g/mol. The average Bonchev–Trinajstić information content (AvgIpc) is 2.55. The third-order valence-corrected chi connectivity index (χ3v) is 5.06. The molecule has 0 aliphatic carbocycles. The lowest BCUT2D eigenvalue weighted by molar-refractivity contribution is 0.281. The van der Waals surface area contributed by atoms with E-state index in [4.69, 9.17) is 14.3 Å². The number of unbranched alkanes of at least 4 members (excludes halogenated alkanes) is 6. The quantitative estimate of drug-likeness (QED) is 0.300. The Hall–Kier alpha value is -0.830. The molecule has 0 aliphatic heterocycles.